The van der Waals surface area contributed by atoms with Crippen LogP contribution in [0.3, 0.4) is 0 Å². The van der Waals surface area contributed by atoms with E-state index in [9.17, 15) is 18.3 Å². The summed E-state index contributed by atoms with van der Waals surface area (Å²) < 4.78 is 25.4. The van der Waals surface area contributed by atoms with Gasteiger partial charge in [0.05, 0.1) is 17.5 Å². The lowest BCUT2D eigenvalue weighted by molar-refractivity contribution is 0.0697. The molecule has 0 unspecified atom stereocenters. The Hall–Kier alpha value is -2.25. The number of benzene rings is 1. The summed E-state index contributed by atoms with van der Waals surface area (Å²) in [6.07, 6.45) is 4.37. The van der Waals surface area contributed by atoms with Crippen LogP contribution in [0.5, 0.6) is 0 Å². The van der Waals surface area contributed by atoms with E-state index in [4.69, 9.17) is 0 Å². The molecule has 1 N–H and O–H groups in total. The molecule has 3 rings (SSSR count). The van der Waals surface area contributed by atoms with Gasteiger partial charge in [-0.2, -0.15) is 4.31 Å². The lowest BCUT2D eigenvalue weighted by Crippen LogP contribution is -2.29. The fourth-order valence-corrected chi connectivity index (χ4v) is 4.31. The molecule has 0 aliphatic carbocycles. The molecule has 0 saturated carbocycles. The predicted molar refractivity (Wildman–Crippen MR) is 90.2 cm³/mol. The van der Waals surface area contributed by atoms with Crippen LogP contribution in [0.15, 0.2) is 42.6 Å². The van der Waals surface area contributed by atoms with Crippen molar-refractivity contribution in [3.05, 3.63) is 53.7 Å². The van der Waals surface area contributed by atoms with Gasteiger partial charge in [-0.1, -0.05) is 18.2 Å². The molecule has 1 aliphatic heterocycles. The first kappa shape index (κ1) is 16.6. The number of aromatic carboxylic acids is 1. The quantitative estimate of drug-likeness (QED) is 0.919. The van der Waals surface area contributed by atoms with Gasteiger partial charge >= 0.3 is 5.97 Å². The molecule has 1 aromatic heterocycles. The first-order valence-electron chi connectivity index (χ1n) is 7.63. The van der Waals surface area contributed by atoms with Crippen molar-refractivity contribution in [2.45, 2.75) is 18.9 Å². The van der Waals surface area contributed by atoms with E-state index in [0.717, 1.165) is 18.4 Å². The highest BCUT2D eigenvalue weighted by Crippen LogP contribution is 2.35. The van der Waals surface area contributed by atoms with Crippen LogP contribution in [0.1, 0.15) is 34.8 Å². The van der Waals surface area contributed by atoms with Crippen molar-refractivity contribution in [3.8, 4) is 11.3 Å². The van der Waals surface area contributed by atoms with Crippen LogP contribution < -0.4 is 0 Å². The maximum Gasteiger partial charge on any atom is 0.336 e. The number of carboxylic acid groups (broad SMARTS) is 1. The van der Waals surface area contributed by atoms with Crippen LogP contribution in [0.2, 0.25) is 0 Å². The Morgan fingerprint density at radius 1 is 1.29 bits per heavy atom. The predicted octanol–water partition coefficient (Wildman–Crippen LogP) is 2.54. The Morgan fingerprint density at radius 3 is 2.75 bits per heavy atom. The van der Waals surface area contributed by atoms with Crippen molar-refractivity contribution in [1.82, 2.24) is 9.29 Å². The second kappa shape index (κ2) is 6.33. The molecule has 1 aliphatic rings. The summed E-state index contributed by atoms with van der Waals surface area (Å²) in [6.45, 7) is 0.507. The fraction of sp³-hybridized carbons (Fsp3) is 0.294. The summed E-state index contributed by atoms with van der Waals surface area (Å²) >= 11 is 0. The van der Waals surface area contributed by atoms with Crippen LogP contribution in [0, 0.1) is 0 Å². The van der Waals surface area contributed by atoms with E-state index >= 15 is 0 Å². The van der Waals surface area contributed by atoms with E-state index in [0.29, 0.717) is 17.8 Å². The van der Waals surface area contributed by atoms with Crippen LogP contribution in [0.25, 0.3) is 11.3 Å². The number of hydrogen-bond acceptors (Lipinski definition) is 4. The van der Waals surface area contributed by atoms with Gasteiger partial charge in [0.2, 0.25) is 10.0 Å². The molecule has 1 saturated heterocycles. The number of carboxylic acids is 1. The molecule has 1 atom stereocenters. The van der Waals surface area contributed by atoms with Crippen LogP contribution in [-0.2, 0) is 10.0 Å². The largest absolute Gasteiger partial charge is 0.478 e. The summed E-state index contributed by atoms with van der Waals surface area (Å²) in [5.41, 5.74) is 2.07. The van der Waals surface area contributed by atoms with Crippen molar-refractivity contribution < 1.29 is 18.3 Å². The number of rotatable bonds is 4. The van der Waals surface area contributed by atoms with Gasteiger partial charge in [-0.05, 0) is 36.6 Å². The molecule has 0 spiro atoms. The molecule has 6 nitrogen and oxygen atoms in total. The lowest BCUT2D eigenvalue weighted by Gasteiger charge is -2.22. The minimum atomic E-state index is -3.28. The number of nitrogens with zero attached hydrogens (tertiary/aromatic N) is 2. The van der Waals surface area contributed by atoms with Crippen LogP contribution in [-0.4, -0.2) is 41.6 Å². The van der Waals surface area contributed by atoms with Crippen molar-refractivity contribution in [3.63, 3.8) is 0 Å². The van der Waals surface area contributed by atoms with E-state index < -0.39 is 16.0 Å². The molecule has 2 heterocycles. The Morgan fingerprint density at radius 2 is 2.04 bits per heavy atom. The molecule has 1 aromatic carbocycles. The van der Waals surface area contributed by atoms with Gasteiger partial charge in [0, 0.05) is 24.3 Å². The standard InChI is InChI=1S/C17H18N2O4S/c1-24(22,23)19-10-4-7-16(19)12-8-9-18-15(11-12)13-5-2-3-6-14(13)17(20)21/h2-3,5-6,8-9,11,16H,4,7,10H2,1H3,(H,20,21)/t16-/m1/s1. The van der Waals surface area contributed by atoms with E-state index in [-0.39, 0.29) is 11.6 Å². The Bertz CT molecular complexity index is 880. The number of aromatic nitrogens is 1. The third-order valence-electron chi connectivity index (χ3n) is 4.23. The minimum absolute atomic E-state index is 0.175. The van der Waals surface area contributed by atoms with Gasteiger partial charge in [0.25, 0.3) is 0 Å². The van der Waals surface area contributed by atoms with Gasteiger partial charge < -0.3 is 5.11 Å². The SMILES string of the molecule is CS(=O)(=O)N1CCC[C@@H]1c1ccnc(-c2ccccc2C(=O)O)c1. The zero-order valence-electron chi connectivity index (χ0n) is 13.2. The molecule has 0 bridgehead atoms. The second-order valence-corrected chi connectivity index (χ2v) is 7.79. The first-order chi connectivity index (χ1) is 11.4. The number of hydrogen-bond donors (Lipinski definition) is 1. The summed E-state index contributed by atoms with van der Waals surface area (Å²) in [5, 5.41) is 9.34. The lowest BCUT2D eigenvalue weighted by atomic mass is 10.00. The highest BCUT2D eigenvalue weighted by atomic mass is 32.2. The first-order valence-corrected chi connectivity index (χ1v) is 9.48. The van der Waals surface area contributed by atoms with Crippen molar-refractivity contribution >= 4 is 16.0 Å². The minimum Gasteiger partial charge on any atom is -0.478 e. The van der Waals surface area contributed by atoms with Gasteiger partial charge in [0.15, 0.2) is 0 Å². The third kappa shape index (κ3) is 3.18. The van der Waals surface area contributed by atoms with Crippen LogP contribution in [0.4, 0.5) is 0 Å². The van der Waals surface area contributed by atoms with E-state index in [2.05, 4.69) is 4.98 Å². The molecule has 1 fully saturated rings. The van der Waals surface area contributed by atoms with Gasteiger partial charge in [-0.15, -0.1) is 0 Å². The highest BCUT2D eigenvalue weighted by molar-refractivity contribution is 7.88. The summed E-state index contributed by atoms with van der Waals surface area (Å²) in [7, 11) is -3.28. The zero-order valence-corrected chi connectivity index (χ0v) is 14.0. The monoisotopic (exact) mass is 346 g/mol. The number of pyridine rings is 1. The molecular weight excluding hydrogens is 328 g/mol. The molecule has 126 valence electrons. The topological polar surface area (TPSA) is 87.6 Å². The maximum atomic E-state index is 11.9. The fourth-order valence-electron chi connectivity index (χ4n) is 3.16. The van der Waals surface area contributed by atoms with Gasteiger partial charge in [-0.25, -0.2) is 13.2 Å². The smallest absolute Gasteiger partial charge is 0.336 e. The normalized spacial score (nSPS) is 18.6. The number of sulfonamides is 1. The van der Waals surface area contributed by atoms with E-state index in [1.165, 1.54) is 16.6 Å². The average Bonchev–Trinajstić information content (AvgIpc) is 3.05. The van der Waals surface area contributed by atoms with E-state index in [1.54, 1.807) is 36.5 Å². The highest BCUT2D eigenvalue weighted by Gasteiger charge is 2.32. The molecule has 7 heteroatoms. The van der Waals surface area contributed by atoms with Crippen molar-refractivity contribution in [2.24, 2.45) is 0 Å². The third-order valence-corrected chi connectivity index (χ3v) is 5.52. The molecule has 0 radical (unpaired) electrons. The van der Waals surface area contributed by atoms with Crippen molar-refractivity contribution in [1.29, 1.82) is 0 Å². The number of carbonyl (C=O) groups is 1. The zero-order chi connectivity index (χ0) is 17.3. The van der Waals surface area contributed by atoms with Crippen LogP contribution >= 0.6 is 0 Å². The van der Waals surface area contributed by atoms with E-state index in [1.807, 2.05) is 0 Å². The maximum absolute atomic E-state index is 11.9. The summed E-state index contributed by atoms with van der Waals surface area (Å²) in [4.78, 5) is 15.7. The molecular formula is C17H18N2O4S. The Labute approximate surface area is 140 Å². The molecule has 0 amide bonds. The average molecular weight is 346 g/mol. The Kier molecular flexibility index (Phi) is 4.38. The summed E-state index contributed by atoms with van der Waals surface area (Å²) in [5.74, 6) is -1.02. The second-order valence-electron chi connectivity index (χ2n) is 5.86. The molecule has 2 aromatic rings. The summed E-state index contributed by atoms with van der Waals surface area (Å²) in [6, 6.07) is 10.0. The van der Waals surface area contributed by atoms with Crippen molar-refractivity contribution in [2.75, 3.05) is 12.8 Å². The molecule has 24 heavy (non-hydrogen) atoms. The van der Waals surface area contributed by atoms with Gasteiger partial charge in [0.1, 0.15) is 0 Å². The Balaban J connectivity index is 2.04. The van der Waals surface area contributed by atoms with Gasteiger partial charge in [-0.3, -0.25) is 4.98 Å².